The Morgan fingerprint density at radius 2 is 1.81 bits per heavy atom. The average Bonchev–Trinajstić information content (AvgIpc) is 3.11. The fraction of sp³-hybridized carbons (Fsp3) is 0.167. The fourth-order valence-corrected chi connectivity index (χ4v) is 4.56. The van der Waals surface area contributed by atoms with Crippen LogP contribution in [0.3, 0.4) is 0 Å². The van der Waals surface area contributed by atoms with Crippen LogP contribution in [0, 0.1) is 6.92 Å². The zero-order valence-corrected chi connectivity index (χ0v) is 16.3. The van der Waals surface area contributed by atoms with E-state index >= 15 is 0 Å². The highest BCUT2D eigenvalue weighted by atomic mass is 32.2. The molecule has 3 aromatic rings. The van der Waals surface area contributed by atoms with E-state index in [1.807, 2.05) is 43.3 Å². The summed E-state index contributed by atoms with van der Waals surface area (Å²) in [5.74, 6) is -0.371. The predicted octanol–water partition coefficient (Wildman–Crippen LogP) is 3.14. The fourth-order valence-electron chi connectivity index (χ4n) is 2.42. The van der Waals surface area contributed by atoms with Crippen LogP contribution in [-0.4, -0.2) is 24.5 Å². The number of aryl methyl sites for hydroxylation is 1. The number of anilines is 1. The topological polar surface area (TPSA) is 101 Å². The molecule has 0 saturated carbocycles. The third-order valence-electron chi connectivity index (χ3n) is 3.77. The summed E-state index contributed by atoms with van der Waals surface area (Å²) in [6, 6.07) is 15.8. The summed E-state index contributed by atoms with van der Waals surface area (Å²) in [6.45, 7) is 3.63. The van der Waals surface area contributed by atoms with Gasteiger partial charge in [-0.3, -0.25) is 10.1 Å². The molecule has 2 aromatic carbocycles. The maximum atomic E-state index is 12.5. The van der Waals surface area contributed by atoms with Crippen molar-refractivity contribution in [3.8, 4) is 0 Å². The molecule has 2 N–H and O–H groups in total. The first-order chi connectivity index (χ1) is 12.8. The van der Waals surface area contributed by atoms with E-state index in [2.05, 4.69) is 20.2 Å². The molecule has 1 aromatic heterocycles. The van der Waals surface area contributed by atoms with Gasteiger partial charge in [0.1, 0.15) is 0 Å². The number of benzene rings is 2. The SMILES string of the molecule is Cc1cccc(C(=O)Nc2nnc(S(=O)(=O)NC(C)c3ccccc3)s2)c1. The van der Waals surface area contributed by atoms with Gasteiger partial charge in [-0.25, -0.2) is 13.1 Å². The zero-order valence-electron chi connectivity index (χ0n) is 14.7. The minimum absolute atomic E-state index is 0.120. The van der Waals surface area contributed by atoms with Gasteiger partial charge in [-0.2, -0.15) is 0 Å². The number of nitrogens with zero attached hydrogens (tertiary/aromatic N) is 2. The largest absolute Gasteiger partial charge is 0.296 e. The Kier molecular flexibility index (Phi) is 5.64. The summed E-state index contributed by atoms with van der Waals surface area (Å²) in [5.41, 5.74) is 2.24. The van der Waals surface area contributed by atoms with Gasteiger partial charge in [0, 0.05) is 11.6 Å². The van der Waals surface area contributed by atoms with Gasteiger partial charge in [-0.1, -0.05) is 59.4 Å². The molecule has 3 rings (SSSR count). The van der Waals surface area contributed by atoms with Gasteiger partial charge in [0.15, 0.2) is 0 Å². The van der Waals surface area contributed by atoms with Crippen molar-refractivity contribution in [3.63, 3.8) is 0 Å². The molecule has 0 radical (unpaired) electrons. The van der Waals surface area contributed by atoms with E-state index in [4.69, 9.17) is 0 Å². The Morgan fingerprint density at radius 3 is 2.52 bits per heavy atom. The van der Waals surface area contributed by atoms with Crippen molar-refractivity contribution in [2.45, 2.75) is 24.2 Å². The molecule has 0 bridgehead atoms. The van der Waals surface area contributed by atoms with Crippen LogP contribution in [-0.2, 0) is 10.0 Å². The summed E-state index contributed by atoms with van der Waals surface area (Å²) >= 11 is 0.800. The van der Waals surface area contributed by atoms with E-state index in [0.717, 1.165) is 22.5 Å². The molecule has 0 fully saturated rings. The average molecular weight is 403 g/mol. The highest BCUT2D eigenvalue weighted by Gasteiger charge is 2.23. The van der Waals surface area contributed by atoms with Gasteiger partial charge in [-0.15, -0.1) is 10.2 Å². The lowest BCUT2D eigenvalue weighted by Gasteiger charge is -2.12. The van der Waals surface area contributed by atoms with Crippen LogP contribution in [0.25, 0.3) is 0 Å². The summed E-state index contributed by atoms with van der Waals surface area (Å²) in [5, 5.41) is 10.2. The van der Waals surface area contributed by atoms with E-state index in [9.17, 15) is 13.2 Å². The Balaban J connectivity index is 1.71. The molecule has 140 valence electrons. The highest BCUT2D eigenvalue weighted by molar-refractivity contribution is 7.91. The quantitative estimate of drug-likeness (QED) is 0.617. The molecular formula is C18H18N4O3S2. The molecule has 7 nitrogen and oxygen atoms in total. The van der Waals surface area contributed by atoms with Crippen LogP contribution in [0.15, 0.2) is 58.9 Å². The van der Waals surface area contributed by atoms with Gasteiger partial charge in [-0.05, 0) is 31.5 Å². The molecule has 9 heteroatoms. The van der Waals surface area contributed by atoms with Crippen LogP contribution in [0.2, 0.25) is 0 Å². The van der Waals surface area contributed by atoms with Crippen molar-refractivity contribution in [2.75, 3.05) is 5.32 Å². The summed E-state index contributed by atoms with van der Waals surface area (Å²) < 4.78 is 27.4. The highest BCUT2D eigenvalue weighted by Crippen LogP contribution is 2.23. The molecule has 1 heterocycles. The van der Waals surface area contributed by atoms with E-state index in [0.29, 0.717) is 5.56 Å². The first kappa shape index (κ1) is 19.2. The maximum absolute atomic E-state index is 12.5. The van der Waals surface area contributed by atoms with Crippen molar-refractivity contribution >= 4 is 32.4 Å². The lowest BCUT2D eigenvalue weighted by atomic mass is 10.1. The van der Waals surface area contributed by atoms with Crippen molar-refractivity contribution in [3.05, 3.63) is 71.3 Å². The number of aromatic nitrogens is 2. The smallest absolute Gasteiger partial charge is 0.270 e. The normalized spacial score (nSPS) is 12.5. The summed E-state index contributed by atoms with van der Waals surface area (Å²) in [7, 11) is -3.85. The summed E-state index contributed by atoms with van der Waals surface area (Å²) in [4.78, 5) is 12.3. The van der Waals surface area contributed by atoms with Crippen LogP contribution < -0.4 is 10.0 Å². The number of nitrogens with one attached hydrogen (secondary N) is 2. The molecule has 0 aliphatic rings. The van der Waals surface area contributed by atoms with Crippen molar-refractivity contribution in [1.82, 2.24) is 14.9 Å². The first-order valence-corrected chi connectivity index (χ1v) is 10.4. The second-order valence-electron chi connectivity index (χ2n) is 5.95. The Bertz CT molecular complexity index is 1050. The lowest BCUT2D eigenvalue weighted by molar-refractivity contribution is 0.102. The van der Waals surface area contributed by atoms with Crippen LogP contribution >= 0.6 is 11.3 Å². The first-order valence-electron chi connectivity index (χ1n) is 8.14. The van der Waals surface area contributed by atoms with Crippen molar-refractivity contribution < 1.29 is 13.2 Å². The maximum Gasteiger partial charge on any atom is 0.270 e. The van der Waals surface area contributed by atoms with Crippen molar-refractivity contribution in [1.29, 1.82) is 0 Å². The van der Waals surface area contributed by atoms with E-state index in [1.54, 1.807) is 25.1 Å². The van der Waals surface area contributed by atoms with Crippen LogP contribution in [0.4, 0.5) is 5.13 Å². The zero-order chi connectivity index (χ0) is 19.4. The van der Waals surface area contributed by atoms with Gasteiger partial charge < -0.3 is 0 Å². The number of amides is 1. The van der Waals surface area contributed by atoms with Gasteiger partial charge in [0.25, 0.3) is 15.9 Å². The Hall–Kier alpha value is -2.62. The number of sulfonamides is 1. The van der Waals surface area contributed by atoms with Crippen LogP contribution in [0.5, 0.6) is 0 Å². The molecule has 0 aliphatic carbocycles. The third-order valence-corrected chi connectivity index (χ3v) is 6.52. The molecular weight excluding hydrogens is 384 g/mol. The molecule has 1 amide bonds. The minimum atomic E-state index is -3.85. The molecule has 0 saturated heterocycles. The number of carbonyl (C=O) groups is 1. The van der Waals surface area contributed by atoms with Gasteiger partial charge in [0.2, 0.25) is 9.47 Å². The number of rotatable bonds is 6. The van der Waals surface area contributed by atoms with Gasteiger partial charge in [0.05, 0.1) is 0 Å². The predicted molar refractivity (Wildman–Crippen MR) is 104 cm³/mol. The number of hydrogen-bond donors (Lipinski definition) is 2. The summed E-state index contributed by atoms with van der Waals surface area (Å²) in [6.07, 6.45) is 0. The van der Waals surface area contributed by atoms with Crippen molar-refractivity contribution in [2.24, 2.45) is 0 Å². The van der Waals surface area contributed by atoms with Crippen LogP contribution in [0.1, 0.15) is 34.5 Å². The third kappa shape index (κ3) is 4.76. The number of hydrogen-bond acceptors (Lipinski definition) is 6. The Labute approximate surface area is 161 Å². The second kappa shape index (κ2) is 7.95. The molecule has 1 atom stereocenters. The molecule has 1 unspecified atom stereocenters. The second-order valence-corrected chi connectivity index (χ2v) is 8.82. The molecule has 0 aliphatic heterocycles. The van der Waals surface area contributed by atoms with E-state index in [1.165, 1.54) is 0 Å². The van der Waals surface area contributed by atoms with E-state index < -0.39 is 16.1 Å². The molecule has 27 heavy (non-hydrogen) atoms. The Morgan fingerprint density at radius 1 is 1.07 bits per heavy atom. The standard InChI is InChI=1S/C18H18N4O3S2/c1-12-7-6-10-15(11-12)16(23)19-17-20-21-18(26-17)27(24,25)22-13(2)14-8-4-3-5-9-14/h3-11,13,22H,1-2H3,(H,19,20,23). The number of carbonyl (C=O) groups excluding carboxylic acids is 1. The minimum Gasteiger partial charge on any atom is -0.296 e. The monoisotopic (exact) mass is 402 g/mol. The lowest BCUT2D eigenvalue weighted by Crippen LogP contribution is -2.26. The van der Waals surface area contributed by atoms with Gasteiger partial charge >= 0.3 is 0 Å². The molecule has 0 spiro atoms. The van der Waals surface area contributed by atoms with E-state index in [-0.39, 0.29) is 15.4 Å².